The van der Waals surface area contributed by atoms with E-state index in [1.165, 1.54) is 0 Å². The topological polar surface area (TPSA) is 50.7 Å². The molecule has 0 saturated heterocycles. The molecular formula is C9H14N4. The van der Waals surface area contributed by atoms with Crippen molar-refractivity contribution in [3.63, 3.8) is 0 Å². The van der Waals surface area contributed by atoms with Crippen molar-refractivity contribution in [2.24, 2.45) is 0 Å². The minimum Gasteiger partial charge on any atom is -0.302 e. The number of rotatable bonds is 3. The minimum atomic E-state index is 0.0302. The molecule has 0 aromatic carbocycles. The predicted molar refractivity (Wildman–Crippen MR) is 49.0 cm³/mol. The van der Waals surface area contributed by atoms with Crippen molar-refractivity contribution in [1.29, 1.82) is 0 Å². The van der Waals surface area contributed by atoms with Gasteiger partial charge in [-0.05, 0) is 26.7 Å². The molecule has 1 aliphatic carbocycles. The van der Waals surface area contributed by atoms with Crippen molar-refractivity contribution in [1.82, 2.24) is 20.5 Å². The maximum absolute atomic E-state index is 4.23. The third-order valence-electron chi connectivity index (χ3n) is 2.23. The van der Waals surface area contributed by atoms with E-state index in [0.717, 1.165) is 18.7 Å². The van der Waals surface area contributed by atoms with Crippen molar-refractivity contribution in [2.45, 2.75) is 38.3 Å². The van der Waals surface area contributed by atoms with Crippen LogP contribution in [0.15, 0.2) is 12.4 Å². The van der Waals surface area contributed by atoms with Gasteiger partial charge in [0, 0.05) is 12.2 Å². The van der Waals surface area contributed by atoms with E-state index in [2.05, 4.69) is 34.3 Å². The van der Waals surface area contributed by atoms with E-state index in [1.807, 2.05) is 0 Å². The summed E-state index contributed by atoms with van der Waals surface area (Å²) in [7, 11) is 0. The third kappa shape index (κ3) is 1.67. The van der Waals surface area contributed by atoms with Crippen LogP contribution in [0.1, 0.15) is 32.5 Å². The summed E-state index contributed by atoms with van der Waals surface area (Å²) in [6, 6.07) is 0.464. The second kappa shape index (κ2) is 3.03. The molecule has 70 valence electrons. The highest BCUT2D eigenvalue weighted by atomic mass is 15.2. The Labute approximate surface area is 77.8 Å². The molecule has 4 nitrogen and oxygen atoms in total. The highest BCUT2D eigenvalue weighted by molar-refractivity contribution is 5.14. The van der Waals surface area contributed by atoms with Gasteiger partial charge < -0.3 is 5.32 Å². The van der Waals surface area contributed by atoms with Crippen LogP contribution >= 0.6 is 0 Å². The highest BCUT2D eigenvalue weighted by Gasteiger charge is 2.47. The Kier molecular flexibility index (Phi) is 2.00. The summed E-state index contributed by atoms with van der Waals surface area (Å²) < 4.78 is 0. The van der Waals surface area contributed by atoms with Crippen molar-refractivity contribution in [3.8, 4) is 0 Å². The third-order valence-corrected chi connectivity index (χ3v) is 2.23. The predicted octanol–water partition coefficient (Wildman–Crippen LogP) is 0.859. The summed E-state index contributed by atoms with van der Waals surface area (Å²) in [6.07, 6.45) is 5.55. The zero-order valence-electron chi connectivity index (χ0n) is 7.99. The molecule has 1 heterocycles. The van der Waals surface area contributed by atoms with E-state index >= 15 is 0 Å². The zero-order valence-corrected chi connectivity index (χ0v) is 7.99. The lowest BCUT2D eigenvalue weighted by Crippen LogP contribution is -2.36. The maximum Gasteiger partial charge on any atom is 0.171 e. The lowest BCUT2D eigenvalue weighted by molar-refractivity contribution is 0.436. The normalized spacial score (nSPS) is 19.0. The molecule has 0 radical (unpaired) electrons. The summed E-state index contributed by atoms with van der Waals surface area (Å²) in [5, 5.41) is 11.4. The molecule has 1 saturated carbocycles. The van der Waals surface area contributed by atoms with Crippen LogP contribution in [0, 0.1) is 0 Å². The second-order valence-electron chi connectivity index (χ2n) is 3.85. The summed E-state index contributed by atoms with van der Waals surface area (Å²) >= 11 is 0. The molecule has 0 amide bonds. The van der Waals surface area contributed by atoms with Crippen LogP contribution in [0.25, 0.3) is 0 Å². The van der Waals surface area contributed by atoms with E-state index in [9.17, 15) is 0 Å². The summed E-state index contributed by atoms with van der Waals surface area (Å²) in [6.45, 7) is 4.27. The van der Waals surface area contributed by atoms with Gasteiger partial charge in [0.05, 0.1) is 11.7 Å². The maximum atomic E-state index is 4.23. The fraction of sp³-hybridized carbons (Fsp3) is 0.667. The van der Waals surface area contributed by atoms with Crippen LogP contribution in [0.3, 0.4) is 0 Å². The fourth-order valence-electron chi connectivity index (χ4n) is 1.58. The second-order valence-corrected chi connectivity index (χ2v) is 3.85. The van der Waals surface area contributed by atoms with Crippen molar-refractivity contribution < 1.29 is 0 Å². The molecule has 13 heavy (non-hydrogen) atoms. The van der Waals surface area contributed by atoms with Crippen LogP contribution in [-0.4, -0.2) is 21.2 Å². The number of nitrogens with one attached hydrogen (secondary N) is 1. The molecule has 1 aromatic heterocycles. The summed E-state index contributed by atoms with van der Waals surface area (Å²) in [5.41, 5.74) is 0.0302. The largest absolute Gasteiger partial charge is 0.302 e. The van der Waals surface area contributed by atoms with E-state index in [0.29, 0.717) is 6.04 Å². The highest BCUT2D eigenvalue weighted by Crippen LogP contribution is 2.43. The first-order valence-corrected chi connectivity index (χ1v) is 4.65. The number of aromatic nitrogens is 3. The molecule has 4 heteroatoms. The monoisotopic (exact) mass is 178 g/mol. The van der Waals surface area contributed by atoms with Crippen LogP contribution in [0.5, 0.6) is 0 Å². The van der Waals surface area contributed by atoms with Crippen LogP contribution < -0.4 is 5.32 Å². The SMILES string of the molecule is CC(C)NC1(c2nccnn2)CC1. The summed E-state index contributed by atoms with van der Waals surface area (Å²) in [5.74, 6) is 0.837. The molecule has 2 rings (SSSR count). The van der Waals surface area contributed by atoms with Crippen molar-refractivity contribution in [3.05, 3.63) is 18.2 Å². The smallest absolute Gasteiger partial charge is 0.171 e. The van der Waals surface area contributed by atoms with Gasteiger partial charge in [-0.25, -0.2) is 4.98 Å². The molecule has 1 aromatic rings. The first-order valence-electron chi connectivity index (χ1n) is 4.65. The van der Waals surface area contributed by atoms with Crippen molar-refractivity contribution >= 4 is 0 Å². The Hall–Kier alpha value is -1.03. The van der Waals surface area contributed by atoms with E-state index in [-0.39, 0.29) is 5.54 Å². The molecule has 1 N–H and O–H groups in total. The quantitative estimate of drug-likeness (QED) is 0.745. The van der Waals surface area contributed by atoms with Gasteiger partial charge in [0.1, 0.15) is 0 Å². The number of hydrogen-bond donors (Lipinski definition) is 1. The molecule has 0 atom stereocenters. The fourth-order valence-corrected chi connectivity index (χ4v) is 1.58. The van der Waals surface area contributed by atoms with Gasteiger partial charge in [-0.15, -0.1) is 5.10 Å². The molecule has 0 spiro atoms. The number of hydrogen-bond acceptors (Lipinski definition) is 4. The lowest BCUT2D eigenvalue weighted by Gasteiger charge is -2.17. The van der Waals surface area contributed by atoms with Crippen LogP contribution in [-0.2, 0) is 5.54 Å². The van der Waals surface area contributed by atoms with Gasteiger partial charge in [0.15, 0.2) is 5.82 Å². The van der Waals surface area contributed by atoms with Gasteiger partial charge in [-0.3, -0.25) is 0 Å². The Bertz CT molecular complexity index is 279. The van der Waals surface area contributed by atoms with E-state index in [4.69, 9.17) is 0 Å². The Balaban J connectivity index is 2.16. The minimum absolute atomic E-state index is 0.0302. The average Bonchev–Trinajstić information content (AvgIpc) is 2.86. The summed E-state index contributed by atoms with van der Waals surface area (Å²) in [4.78, 5) is 4.23. The lowest BCUT2D eigenvalue weighted by atomic mass is 10.2. The van der Waals surface area contributed by atoms with Gasteiger partial charge >= 0.3 is 0 Å². The van der Waals surface area contributed by atoms with E-state index in [1.54, 1.807) is 12.4 Å². The molecule has 1 aliphatic rings. The molecule has 0 aliphatic heterocycles. The Morgan fingerprint density at radius 2 is 2.15 bits per heavy atom. The van der Waals surface area contributed by atoms with Gasteiger partial charge in [0.2, 0.25) is 0 Å². The average molecular weight is 178 g/mol. The van der Waals surface area contributed by atoms with Gasteiger partial charge in [-0.1, -0.05) is 0 Å². The zero-order chi connectivity index (χ0) is 9.31. The molecule has 0 bridgehead atoms. The van der Waals surface area contributed by atoms with E-state index < -0.39 is 0 Å². The standard InChI is InChI=1S/C9H14N4/c1-7(2)12-9(3-4-9)8-10-5-6-11-13-8/h5-7,12H,3-4H2,1-2H3. The first kappa shape index (κ1) is 8.56. The van der Waals surface area contributed by atoms with Crippen LogP contribution in [0.2, 0.25) is 0 Å². The first-order chi connectivity index (χ1) is 6.23. The molecular weight excluding hydrogens is 164 g/mol. The number of nitrogens with zero attached hydrogens (tertiary/aromatic N) is 3. The molecule has 0 unspecified atom stereocenters. The van der Waals surface area contributed by atoms with Crippen LogP contribution in [0.4, 0.5) is 0 Å². The molecule has 1 fully saturated rings. The Morgan fingerprint density at radius 1 is 1.38 bits per heavy atom. The van der Waals surface area contributed by atoms with Crippen molar-refractivity contribution in [2.75, 3.05) is 0 Å². The van der Waals surface area contributed by atoms with Gasteiger partial charge in [-0.2, -0.15) is 5.10 Å². The van der Waals surface area contributed by atoms with Gasteiger partial charge in [0.25, 0.3) is 0 Å². The Morgan fingerprint density at radius 3 is 2.62 bits per heavy atom.